The van der Waals surface area contributed by atoms with Gasteiger partial charge in [0, 0.05) is 38.4 Å². The minimum Gasteiger partial charge on any atom is -0.496 e. The Hall–Kier alpha value is -1.52. The SMILES string of the molecule is COc1ccc(CN2CCN(c3cccc(C)c3C)CC2)cc1Br. The highest BCUT2D eigenvalue weighted by molar-refractivity contribution is 9.10. The van der Waals surface area contributed by atoms with Crippen molar-refractivity contribution in [2.75, 3.05) is 38.2 Å². The van der Waals surface area contributed by atoms with Crippen molar-refractivity contribution in [3.8, 4) is 5.75 Å². The molecule has 1 aliphatic heterocycles. The van der Waals surface area contributed by atoms with E-state index in [4.69, 9.17) is 4.74 Å². The van der Waals surface area contributed by atoms with Gasteiger partial charge in [-0.15, -0.1) is 0 Å². The van der Waals surface area contributed by atoms with E-state index in [1.807, 2.05) is 6.07 Å². The molecule has 0 atom stereocenters. The second-order valence-corrected chi connectivity index (χ2v) is 7.31. The van der Waals surface area contributed by atoms with Crippen LogP contribution in [0.15, 0.2) is 40.9 Å². The third kappa shape index (κ3) is 3.76. The molecular formula is C20H25BrN2O. The third-order valence-corrected chi connectivity index (χ3v) is 5.53. The molecule has 1 aliphatic rings. The Kier molecular flexibility index (Phi) is 5.47. The molecule has 3 nitrogen and oxygen atoms in total. The Labute approximate surface area is 153 Å². The molecule has 0 radical (unpaired) electrons. The largest absolute Gasteiger partial charge is 0.496 e. The van der Waals surface area contributed by atoms with Gasteiger partial charge in [-0.1, -0.05) is 18.2 Å². The van der Waals surface area contributed by atoms with Crippen LogP contribution >= 0.6 is 15.9 Å². The summed E-state index contributed by atoms with van der Waals surface area (Å²) in [7, 11) is 1.70. The molecule has 0 N–H and O–H groups in total. The number of hydrogen-bond donors (Lipinski definition) is 0. The molecule has 2 aromatic rings. The number of nitrogens with zero attached hydrogens (tertiary/aromatic N) is 2. The fraction of sp³-hybridized carbons (Fsp3) is 0.400. The van der Waals surface area contributed by atoms with E-state index in [0.29, 0.717) is 0 Å². The summed E-state index contributed by atoms with van der Waals surface area (Å²) in [4.78, 5) is 5.04. The smallest absolute Gasteiger partial charge is 0.133 e. The van der Waals surface area contributed by atoms with E-state index in [9.17, 15) is 0 Å². The number of piperazine rings is 1. The van der Waals surface area contributed by atoms with Crippen molar-refractivity contribution >= 4 is 21.6 Å². The molecule has 0 amide bonds. The Balaban J connectivity index is 1.61. The minimum absolute atomic E-state index is 0.887. The molecule has 0 unspecified atom stereocenters. The van der Waals surface area contributed by atoms with Gasteiger partial charge in [-0.3, -0.25) is 4.90 Å². The highest BCUT2D eigenvalue weighted by Crippen LogP contribution is 2.27. The van der Waals surface area contributed by atoms with Crippen LogP contribution in [0.5, 0.6) is 5.75 Å². The van der Waals surface area contributed by atoms with Gasteiger partial charge in [-0.05, 0) is 64.7 Å². The number of anilines is 1. The first-order valence-electron chi connectivity index (χ1n) is 8.44. The number of halogens is 1. The van der Waals surface area contributed by atoms with Gasteiger partial charge in [0.2, 0.25) is 0 Å². The molecule has 0 spiro atoms. The van der Waals surface area contributed by atoms with Gasteiger partial charge < -0.3 is 9.64 Å². The number of benzene rings is 2. The molecule has 0 aliphatic carbocycles. The van der Waals surface area contributed by atoms with Crippen molar-refractivity contribution in [2.45, 2.75) is 20.4 Å². The molecule has 0 bridgehead atoms. The first kappa shape index (κ1) is 17.3. The standard InChI is InChI=1S/C20H25BrN2O/c1-15-5-4-6-19(16(15)2)23-11-9-22(10-12-23)14-17-7-8-20(24-3)18(21)13-17/h4-8,13H,9-12,14H2,1-3H3. The van der Waals surface area contributed by atoms with Crippen LogP contribution in [0.3, 0.4) is 0 Å². The summed E-state index contributed by atoms with van der Waals surface area (Å²) in [6.45, 7) is 9.77. The molecule has 1 saturated heterocycles. The van der Waals surface area contributed by atoms with Crippen molar-refractivity contribution in [3.05, 3.63) is 57.6 Å². The maximum atomic E-state index is 5.31. The summed E-state index contributed by atoms with van der Waals surface area (Å²) in [5.41, 5.74) is 5.49. The van der Waals surface area contributed by atoms with Gasteiger partial charge in [-0.25, -0.2) is 0 Å². The number of aryl methyl sites for hydroxylation is 1. The van der Waals surface area contributed by atoms with Crippen molar-refractivity contribution in [3.63, 3.8) is 0 Å². The maximum Gasteiger partial charge on any atom is 0.133 e. The van der Waals surface area contributed by atoms with E-state index in [1.165, 1.54) is 22.4 Å². The quantitative estimate of drug-likeness (QED) is 0.771. The minimum atomic E-state index is 0.887. The molecule has 128 valence electrons. The van der Waals surface area contributed by atoms with Crippen molar-refractivity contribution < 1.29 is 4.74 Å². The Morgan fingerprint density at radius 1 is 1.04 bits per heavy atom. The Morgan fingerprint density at radius 2 is 1.79 bits per heavy atom. The molecule has 1 fully saturated rings. The van der Waals surface area contributed by atoms with Crippen LogP contribution in [0.1, 0.15) is 16.7 Å². The van der Waals surface area contributed by atoms with Crippen molar-refractivity contribution in [1.29, 1.82) is 0 Å². The number of hydrogen-bond acceptors (Lipinski definition) is 3. The van der Waals surface area contributed by atoms with Crippen LogP contribution in [0.25, 0.3) is 0 Å². The summed E-state index contributed by atoms with van der Waals surface area (Å²) in [6.07, 6.45) is 0. The number of ether oxygens (including phenoxy) is 1. The van der Waals surface area contributed by atoms with Crippen LogP contribution in [0, 0.1) is 13.8 Å². The Morgan fingerprint density at radius 3 is 2.46 bits per heavy atom. The zero-order chi connectivity index (χ0) is 17.1. The monoisotopic (exact) mass is 388 g/mol. The first-order valence-corrected chi connectivity index (χ1v) is 9.23. The molecule has 4 heteroatoms. The molecule has 2 aromatic carbocycles. The fourth-order valence-electron chi connectivity index (χ4n) is 3.29. The fourth-order valence-corrected chi connectivity index (χ4v) is 3.88. The molecule has 1 heterocycles. The topological polar surface area (TPSA) is 15.7 Å². The third-order valence-electron chi connectivity index (χ3n) is 4.91. The van der Waals surface area contributed by atoms with Crippen molar-refractivity contribution in [2.24, 2.45) is 0 Å². The molecule has 3 rings (SSSR count). The summed E-state index contributed by atoms with van der Waals surface area (Å²) in [6, 6.07) is 13.0. The average Bonchev–Trinajstić information content (AvgIpc) is 2.58. The van der Waals surface area contributed by atoms with E-state index in [-0.39, 0.29) is 0 Å². The van der Waals surface area contributed by atoms with Crippen LogP contribution < -0.4 is 9.64 Å². The lowest BCUT2D eigenvalue weighted by atomic mass is 10.1. The number of rotatable bonds is 4. The van der Waals surface area contributed by atoms with Crippen molar-refractivity contribution in [1.82, 2.24) is 4.90 Å². The van der Waals surface area contributed by atoms with E-state index in [0.717, 1.165) is 42.9 Å². The summed E-state index contributed by atoms with van der Waals surface area (Å²) < 4.78 is 6.33. The zero-order valence-electron chi connectivity index (χ0n) is 14.7. The van der Waals surface area contributed by atoms with Crippen LogP contribution in [-0.4, -0.2) is 38.2 Å². The van der Waals surface area contributed by atoms with E-state index >= 15 is 0 Å². The number of methoxy groups -OCH3 is 1. The average molecular weight is 389 g/mol. The first-order chi connectivity index (χ1) is 11.6. The maximum absolute atomic E-state index is 5.31. The van der Waals surface area contributed by atoms with Crippen LogP contribution in [0.2, 0.25) is 0 Å². The zero-order valence-corrected chi connectivity index (χ0v) is 16.3. The van der Waals surface area contributed by atoms with Crippen LogP contribution in [-0.2, 0) is 6.54 Å². The normalized spacial score (nSPS) is 15.6. The predicted molar refractivity (Wildman–Crippen MR) is 104 cm³/mol. The summed E-state index contributed by atoms with van der Waals surface area (Å²) >= 11 is 3.58. The van der Waals surface area contributed by atoms with Gasteiger partial charge in [0.05, 0.1) is 11.6 Å². The second kappa shape index (κ2) is 7.58. The van der Waals surface area contributed by atoms with Gasteiger partial charge in [-0.2, -0.15) is 0 Å². The van der Waals surface area contributed by atoms with Gasteiger partial charge in [0.15, 0.2) is 0 Å². The highest BCUT2D eigenvalue weighted by Gasteiger charge is 2.19. The van der Waals surface area contributed by atoms with E-state index in [2.05, 4.69) is 69.9 Å². The van der Waals surface area contributed by atoms with Gasteiger partial charge >= 0.3 is 0 Å². The summed E-state index contributed by atoms with van der Waals surface area (Å²) in [5.74, 6) is 0.887. The van der Waals surface area contributed by atoms with Gasteiger partial charge in [0.1, 0.15) is 5.75 Å². The van der Waals surface area contributed by atoms with Gasteiger partial charge in [0.25, 0.3) is 0 Å². The molecule has 0 saturated carbocycles. The predicted octanol–water partition coefficient (Wildman–Crippen LogP) is 4.40. The molecule has 0 aromatic heterocycles. The Bertz CT molecular complexity index is 709. The second-order valence-electron chi connectivity index (χ2n) is 6.45. The lowest BCUT2D eigenvalue weighted by Gasteiger charge is -2.37. The summed E-state index contributed by atoms with van der Waals surface area (Å²) in [5, 5.41) is 0. The van der Waals surface area contributed by atoms with E-state index < -0.39 is 0 Å². The highest BCUT2D eigenvalue weighted by atomic mass is 79.9. The molecular weight excluding hydrogens is 364 g/mol. The lowest BCUT2D eigenvalue weighted by molar-refractivity contribution is 0.249. The lowest BCUT2D eigenvalue weighted by Crippen LogP contribution is -2.46. The van der Waals surface area contributed by atoms with Crippen LogP contribution in [0.4, 0.5) is 5.69 Å². The van der Waals surface area contributed by atoms with E-state index in [1.54, 1.807) is 7.11 Å². The molecule has 24 heavy (non-hydrogen) atoms.